The Balaban J connectivity index is 1.72. The second-order valence-corrected chi connectivity index (χ2v) is 4.85. The maximum absolute atomic E-state index is 5.79. The summed E-state index contributed by atoms with van der Waals surface area (Å²) in [5.41, 5.74) is 9.77. The number of benzene rings is 2. The molecule has 2 nitrogen and oxygen atoms in total. The van der Waals surface area contributed by atoms with Gasteiger partial charge in [-0.3, -0.25) is 0 Å². The average Bonchev–Trinajstić information content (AvgIpc) is 2.39. The van der Waals surface area contributed by atoms with Gasteiger partial charge in [-0.05, 0) is 17.2 Å². The highest BCUT2D eigenvalue weighted by atomic mass is 15.2. The van der Waals surface area contributed by atoms with Crippen molar-refractivity contribution in [3.63, 3.8) is 0 Å². The molecule has 2 heteroatoms. The van der Waals surface area contributed by atoms with Crippen LogP contribution in [0.25, 0.3) is 0 Å². The van der Waals surface area contributed by atoms with Crippen molar-refractivity contribution in [1.29, 1.82) is 0 Å². The van der Waals surface area contributed by atoms with Crippen molar-refractivity contribution >= 4 is 5.69 Å². The number of hydrogen-bond acceptors (Lipinski definition) is 2. The summed E-state index contributed by atoms with van der Waals surface area (Å²) in [6, 6.07) is 19.2. The van der Waals surface area contributed by atoms with Crippen LogP contribution in [0.5, 0.6) is 0 Å². The molecule has 0 atom stereocenters. The molecular formula is C16H18N2. The average molecular weight is 238 g/mol. The zero-order valence-corrected chi connectivity index (χ0v) is 10.4. The number of nitrogens with zero attached hydrogens (tertiary/aromatic N) is 1. The largest absolute Gasteiger partial charge is 0.370 e. The molecule has 0 spiro atoms. The molecule has 0 amide bonds. The van der Waals surface area contributed by atoms with Gasteiger partial charge >= 0.3 is 0 Å². The van der Waals surface area contributed by atoms with Crippen LogP contribution in [0.3, 0.4) is 0 Å². The van der Waals surface area contributed by atoms with E-state index in [1.54, 1.807) is 0 Å². The van der Waals surface area contributed by atoms with E-state index in [1.165, 1.54) is 16.8 Å². The summed E-state index contributed by atoms with van der Waals surface area (Å²) in [7, 11) is 0. The van der Waals surface area contributed by atoms with Crippen molar-refractivity contribution in [1.82, 2.24) is 0 Å². The highest BCUT2D eigenvalue weighted by Crippen LogP contribution is 2.33. The van der Waals surface area contributed by atoms with Gasteiger partial charge in [0.1, 0.15) is 0 Å². The Kier molecular flexibility index (Phi) is 3.03. The summed E-state index contributed by atoms with van der Waals surface area (Å²) < 4.78 is 0. The van der Waals surface area contributed by atoms with E-state index in [-0.39, 0.29) is 0 Å². The number of anilines is 1. The Morgan fingerprint density at radius 3 is 2.33 bits per heavy atom. The third-order valence-corrected chi connectivity index (χ3v) is 3.70. The molecule has 1 fully saturated rings. The van der Waals surface area contributed by atoms with E-state index >= 15 is 0 Å². The maximum Gasteiger partial charge on any atom is 0.0412 e. The molecule has 0 aliphatic carbocycles. The third kappa shape index (κ3) is 2.00. The smallest absolute Gasteiger partial charge is 0.0412 e. The minimum absolute atomic E-state index is 0.614. The van der Waals surface area contributed by atoms with E-state index in [0.29, 0.717) is 12.5 Å². The molecule has 1 aliphatic heterocycles. The summed E-state index contributed by atoms with van der Waals surface area (Å²) in [5, 5.41) is 0. The fourth-order valence-electron chi connectivity index (χ4n) is 2.60. The van der Waals surface area contributed by atoms with Gasteiger partial charge in [-0.25, -0.2) is 0 Å². The van der Waals surface area contributed by atoms with E-state index in [0.717, 1.165) is 13.1 Å². The normalized spacial score (nSPS) is 15.5. The molecule has 92 valence electrons. The van der Waals surface area contributed by atoms with E-state index in [1.807, 2.05) is 0 Å². The first-order valence-electron chi connectivity index (χ1n) is 6.46. The van der Waals surface area contributed by atoms with E-state index < -0.39 is 0 Å². The van der Waals surface area contributed by atoms with Crippen LogP contribution < -0.4 is 10.6 Å². The van der Waals surface area contributed by atoms with Crippen molar-refractivity contribution in [2.24, 2.45) is 5.73 Å². The van der Waals surface area contributed by atoms with Crippen molar-refractivity contribution in [3.8, 4) is 0 Å². The monoisotopic (exact) mass is 238 g/mol. The summed E-state index contributed by atoms with van der Waals surface area (Å²) >= 11 is 0. The minimum atomic E-state index is 0.614. The van der Waals surface area contributed by atoms with Gasteiger partial charge in [-0.15, -0.1) is 0 Å². The highest BCUT2D eigenvalue weighted by molar-refractivity contribution is 5.56. The number of hydrogen-bond donors (Lipinski definition) is 1. The standard InChI is InChI=1S/C16H18N2/c17-10-14-8-4-5-9-16(14)18-11-15(12-18)13-6-2-1-3-7-13/h1-9,15H,10-12,17H2. The SMILES string of the molecule is NCc1ccccc1N1CC(c2ccccc2)C1. The van der Waals surface area contributed by atoms with Gasteiger partial charge in [-0.2, -0.15) is 0 Å². The molecule has 3 rings (SSSR count). The first-order chi connectivity index (χ1) is 8.88. The topological polar surface area (TPSA) is 29.3 Å². The van der Waals surface area contributed by atoms with E-state index in [4.69, 9.17) is 5.73 Å². The van der Waals surface area contributed by atoms with Gasteiger partial charge in [0, 0.05) is 31.2 Å². The van der Waals surface area contributed by atoms with Crippen LogP contribution >= 0.6 is 0 Å². The van der Waals surface area contributed by atoms with Crippen LogP contribution in [0.2, 0.25) is 0 Å². The molecule has 1 aliphatic rings. The lowest BCUT2D eigenvalue weighted by Crippen LogP contribution is -2.45. The van der Waals surface area contributed by atoms with Crippen LogP contribution in [0.4, 0.5) is 5.69 Å². The molecule has 1 heterocycles. The first kappa shape index (κ1) is 11.3. The lowest BCUT2D eigenvalue weighted by atomic mass is 9.90. The second kappa shape index (κ2) is 4.83. The Morgan fingerprint density at radius 1 is 0.944 bits per heavy atom. The van der Waals surface area contributed by atoms with Gasteiger partial charge in [0.25, 0.3) is 0 Å². The molecule has 0 unspecified atom stereocenters. The van der Waals surface area contributed by atoms with Crippen molar-refractivity contribution in [3.05, 3.63) is 65.7 Å². The van der Waals surface area contributed by atoms with Crippen molar-refractivity contribution in [2.45, 2.75) is 12.5 Å². The molecule has 2 aromatic rings. The second-order valence-electron chi connectivity index (χ2n) is 4.85. The van der Waals surface area contributed by atoms with E-state index in [2.05, 4.69) is 59.5 Å². The Hall–Kier alpha value is -1.80. The quantitative estimate of drug-likeness (QED) is 0.891. The number of para-hydroxylation sites is 1. The zero-order chi connectivity index (χ0) is 12.4. The Bertz CT molecular complexity index is 516. The van der Waals surface area contributed by atoms with Gasteiger partial charge < -0.3 is 10.6 Å². The van der Waals surface area contributed by atoms with Gasteiger partial charge in [0.15, 0.2) is 0 Å². The highest BCUT2D eigenvalue weighted by Gasteiger charge is 2.28. The molecule has 2 N–H and O–H groups in total. The molecule has 0 aromatic heterocycles. The van der Waals surface area contributed by atoms with Crippen molar-refractivity contribution < 1.29 is 0 Å². The first-order valence-corrected chi connectivity index (χ1v) is 6.46. The van der Waals surface area contributed by atoms with Gasteiger partial charge in [0.05, 0.1) is 0 Å². The van der Waals surface area contributed by atoms with Gasteiger partial charge in [0.2, 0.25) is 0 Å². The predicted octanol–water partition coefficient (Wildman–Crippen LogP) is 2.75. The molecule has 0 radical (unpaired) electrons. The fourth-order valence-corrected chi connectivity index (χ4v) is 2.60. The predicted molar refractivity (Wildman–Crippen MR) is 75.7 cm³/mol. The maximum atomic E-state index is 5.79. The lowest BCUT2D eigenvalue weighted by molar-refractivity contribution is 0.523. The number of rotatable bonds is 3. The minimum Gasteiger partial charge on any atom is -0.370 e. The fraction of sp³-hybridized carbons (Fsp3) is 0.250. The van der Waals surface area contributed by atoms with Crippen molar-refractivity contribution in [2.75, 3.05) is 18.0 Å². The molecule has 2 aromatic carbocycles. The molecule has 0 bridgehead atoms. The Morgan fingerprint density at radius 2 is 1.61 bits per heavy atom. The molecule has 0 saturated carbocycles. The summed E-state index contributed by atoms with van der Waals surface area (Å²) in [4.78, 5) is 2.42. The third-order valence-electron chi connectivity index (χ3n) is 3.70. The number of nitrogens with two attached hydrogens (primary N) is 1. The van der Waals surface area contributed by atoms with Crippen LogP contribution in [0, 0.1) is 0 Å². The van der Waals surface area contributed by atoms with E-state index in [9.17, 15) is 0 Å². The summed E-state index contributed by atoms with van der Waals surface area (Å²) in [6.07, 6.45) is 0. The van der Waals surface area contributed by atoms with Crippen LogP contribution in [-0.4, -0.2) is 13.1 Å². The lowest BCUT2D eigenvalue weighted by Gasteiger charge is -2.42. The Labute approximate surface area is 108 Å². The van der Waals surface area contributed by atoms with Crippen LogP contribution in [0.1, 0.15) is 17.0 Å². The van der Waals surface area contributed by atoms with Crippen LogP contribution in [0.15, 0.2) is 54.6 Å². The summed E-state index contributed by atoms with van der Waals surface area (Å²) in [6.45, 7) is 2.81. The molecule has 1 saturated heterocycles. The van der Waals surface area contributed by atoms with Gasteiger partial charge in [-0.1, -0.05) is 48.5 Å². The van der Waals surface area contributed by atoms with Crippen LogP contribution in [-0.2, 0) is 6.54 Å². The molecular weight excluding hydrogens is 220 g/mol. The summed E-state index contributed by atoms with van der Waals surface area (Å²) in [5.74, 6) is 0.664. The molecule has 18 heavy (non-hydrogen) atoms. The zero-order valence-electron chi connectivity index (χ0n) is 10.4.